The van der Waals surface area contributed by atoms with E-state index in [2.05, 4.69) is 31.2 Å². The van der Waals surface area contributed by atoms with Gasteiger partial charge in [0.15, 0.2) is 0 Å². The lowest BCUT2D eigenvalue weighted by Crippen LogP contribution is -2.13. The first-order chi connectivity index (χ1) is 7.10. The Morgan fingerprint density at radius 1 is 1.47 bits per heavy atom. The summed E-state index contributed by atoms with van der Waals surface area (Å²) in [6, 6.07) is 8.26. The van der Waals surface area contributed by atoms with Crippen molar-refractivity contribution in [3.63, 3.8) is 0 Å². The predicted molar refractivity (Wildman–Crippen MR) is 58.9 cm³/mol. The summed E-state index contributed by atoms with van der Waals surface area (Å²) >= 11 is 0. The minimum Gasteiger partial charge on any atom is -0.481 e. The molecule has 1 fully saturated rings. The van der Waals surface area contributed by atoms with Gasteiger partial charge in [-0.2, -0.15) is 0 Å². The fourth-order valence-electron chi connectivity index (χ4n) is 2.43. The molecule has 1 aliphatic rings. The van der Waals surface area contributed by atoms with Crippen molar-refractivity contribution in [2.24, 2.45) is 5.92 Å². The van der Waals surface area contributed by atoms with Gasteiger partial charge in [0.1, 0.15) is 0 Å². The first-order valence-corrected chi connectivity index (χ1v) is 5.40. The Labute approximate surface area is 89.9 Å². The van der Waals surface area contributed by atoms with Crippen molar-refractivity contribution < 1.29 is 9.90 Å². The largest absolute Gasteiger partial charge is 0.481 e. The third-order valence-corrected chi connectivity index (χ3v) is 3.63. The van der Waals surface area contributed by atoms with E-state index in [0.29, 0.717) is 0 Å². The number of hydrogen-bond donors (Lipinski definition) is 1. The molecule has 2 rings (SSSR count). The number of hydrogen-bond acceptors (Lipinski definition) is 1. The average Bonchev–Trinajstić information content (AvgIpc) is 2.95. The lowest BCUT2D eigenvalue weighted by molar-refractivity contribution is -0.139. The minimum atomic E-state index is -0.655. The van der Waals surface area contributed by atoms with Gasteiger partial charge in [0.2, 0.25) is 0 Å². The molecule has 0 heterocycles. The Morgan fingerprint density at radius 2 is 2.07 bits per heavy atom. The normalized spacial score (nSPS) is 28.8. The quantitative estimate of drug-likeness (QED) is 0.822. The van der Waals surface area contributed by atoms with Crippen molar-refractivity contribution in [1.82, 2.24) is 0 Å². The van der Waals surface area contributed by atoms with E-state index in [1.807, 2.05) is 6.92 Å². The fourth-order valence-corrected chi connectivity index (χ4v) is 2.43. The van der Waals surface area contributed by atoms with E-state index in [1.54, 1.807) is 0 Å². The average molecular weight is 204 g/mol. The van der Waals surface area contributed by atoms with Gasteiger partial charge in [0, 0.05) is 5.41 Å². The molecule has 2 heteroatoms. The van der Waals surface area contributed by atoms with Gasteiger partial charge in [-0.05, 0) is 25.3 Å². The molecule has 1 saturated carbocycles. The molecule has 0 amide bonds. The highest BCUT2D eigenvalue weighted by Crippen LogP contribution is 2.56. The Balaban J connectivity index is 2.30. The molecule has 2 nitrogen and oxygen atoms in total. The second-order valence-corrected chi connectivity index (χ2v) is 4.47. The zero-order chi connectivity index (χ0) is 11.1. The van der Waals surface area contributed by atoms with E-state index in [0.717, 1.165) is 12.8 Å². The summed E-state index contributed by atoms with van der Waals surface area (Å²) in [5.74, 6) is -0.831. The molecule has 1 N–H and O–H groups in total. The topological polar surface area (TPSA) is 37.3 Å². The summed E-state index contributed by atoms with van der Waals surface area (Å²) in [6.07, 6.45) is 1.70. The third kappa shape index (κ3) is 1.54. The van der Waals surface area contributed by atoms with Crippen LogP contribution < -0.4 is 0 Å². The maximum Gasteiger partial charge on any atom is 0.307 e. The predicted octanol–water partition coefficient (Wildman–Crippen LogP) is 2.75. The maximum atomic E-state index is 11.0. The van der Waals surface area contributed by atoms with Crippen LogP contribution >= 0.6 is 0 Å². The van der Waals surface area contributed by atoms with Crippen LogP contribution in [0.2, 0.25) is 0 Å². The molecule has 0 aromatic heterocycles. The van der Waals surface area contributed by atoms with Gasteiger partial charge in [-0.25, -0.2) is 0 Å². The second kappa shape index (κ2) is 3.37. The van der Waals surface area contributed by atoms with E-state index < -0.39 is 5.97 Å². The van der Waals surface area contributed by atoms with E-state index in [1.165, 1.54) is 11.1 Å². The monoisotopic (exact) mass is 204 g/mol. The van der Waals surface area contributed by atoms with Crippen LogP contribution in [0.15, 0.2) is 24.3 Å². The number of carboxylic acids is 1. The van der Waals surface area contributed by atoms with Crippen molar-refractivity contribution >= 4 is 5.97 Å². The molecule has 80 valence electrons. The van der Waals surface area contributed by atoms with E-state index in [-0.39, 0.29) is 11.3 Å². The highest BCUT2D eigenvalue weighted by molar-refractivity contribution is 5.77. The summed E-state index contributed by atoms with van der Waals surface area (Å²) in [6.45, 7) is 4.12. The molecule has 0 bridgehead atoms. The Bertz CT molecular complexity index is 380. The Morgan fingerprint density at radius 3 is 2.47 bits per heavy atom. The van der Waals surface area contributed by atoms with Gasteiger partial charge in [-0.3, -0.25) is 4.79 Å². The van der Waals surface area contributed by atoms with Crippen LogP contribution in [-0.4, -0.2) is 11.1 Å². The maximum absolute atomic E-state index is 11.0. The SMILES string of the molecule is CCC1(c2ccc(C)cc2)C[C@H]1C(=O)O. The molecule has 15 heavy (non-hydrogen) atoms. The van der Waals surface area contributed by atoms with Crippen LogP contribution in [-0.2, 0) is 10.2 Å². The molecular formula is C13H16O2. The molecule has 0 radical (unpaired) electrons. The van der Waals surface area contributed by atoms with Crippen LogP contribution in [0.5, 0.6) is 0 Å². The number of aryl methyl sites for hydroxylation is 1. The van der Waals surface area contributed by atoms with Gasteiger partial charge in [-0.1, -0.05) is 36.8 Å². The van der Waals surface area contributed by atoms with Gasteiger partial charge in [-0.15, -0.1) is 0 Å². The number of aliphatic carboxylic acids is 1. The minimum absolute atomic E-state index is 0.0838. The second-order valence-electron chi connectivity index (χ2n) is 4.47. The van der Waals surface area contributed by atoms with E-state index in [9.17, 15) is 4.79 Å². The van der Waals surface area contributed by atoms with Crippen molar-refractivity contribution in [3.05, 3.63) is 35.4 Å². The third-order valence-electron chi connectivity index (χ3n) is 3.63. The molecule has 2 atom stereocenters. The van der Waals surface area contributed by atoms with Crippen LogP contribution in [0.25, 0.3) is 0 Å². The number of carbonyl (C=O) groups is 1. The molecule has 1 unspecified atom stereocenters. The number of carboxylic acid groups (broad SMARTS) is 1. The van der Waals surface area contributed by atoms with E-state index >= 15 is 0 Å². The van der Waals surface area contributed by atoms with Crippen LogP contribution in [0.4, 0.5) is 0 Å². The molecule has 0 spiro atoms. The highest BCUT2D eigenvalue weighted by atomic mass is 16.4. The van der Waals surface area contributed by atoms with Gasteiger partial charge in [0.25, 0.3) is 0 Å². The molecule has 0 aliphatic heterocycles. The Kier molecular flexibility index (Phi) is 2.29. The van der Waals surface area contributed by atoms with Crippen molar-refractivity contribution in [2.45, 2.75) is 32.1 Å². The van der Waals surface area contributed by atoms with Crippen LogP contribution in [0.1, 0.15) is 30.9 Å². The summed E-state index contributed by atoms with van der Waals surface area (Å²) in [7, 11) is 0. The number of rotatable bonds is 3. The lowest BCUT2D eigenvalue weighted by Gasteiger charge is -2.14. The first-order valence-electron chi connectivity index (χ1n) is 5.40. The van der Waals surface area contributed by atoms with Crippen LogP contribution in [0, 0.1) is 12.8 Å². The summed E-state index contributed by atoms with van der Waals surface area (Å²) in [5, 5.41) is 9.04. The smallest absolute Gasteiger partial charge is 0.307 e. The molecular weight excluding hydrogens is 188 g/mol. The van der Waals surface area contributed by atoms with Gasteiger partial charge >= 0.3 is 5.97 Å². The highest BCUT2D eigenvalue weighted by Gasteiger charge is 2.58. The number of benzene rings is 1. The molecule has 0 saturated heterocycles. The summed E-state index contributed by atoms with van der Waals surface area (Å²) < 4.78 is 0. The zero-order valence-corrected chi connectivity index (χ0v) is 9.16. The van der Waals surface area contributed by atoms with Crippen LogP contribution in [0.3, 0.4) is 0 Å². The molecule has 1 aliphatic carbocycles. The van der Waals surface area contributed by atoms with Crippen molar-refractivity contribution in [2.75, 3.05) is 0 Å². The standard InChI is InChI=1S/C13H16O2/c1-3-13(8-11(13)12(14)15)10-6-4-9(2)5-7-10/h4-7,11H,3,8H2,1-2H3,(H,14,15)/t11-,13?/m0/s1. The van der Waals surface area contributed by atoms with Crippen molar-refractivity contribution in [3.8, 4) is 0 Å². The molecule has 1 aromatic rings. The Hall–Kier alpha value is -1.31. The summed E-state index contributed by atoms with van der Waals surface area (Å²) in [5.41, 5.74) is 2.32. The zero-order valence-electron chi connectivity index (χ0n) is 9.16. The fraction of sp³-hybridized carbons (Fsp3) is 0.462. The van der Waals surface area contributed by atoms with Crippen molar-refractivity contribution in [1.29, 1.82) is 0 Å². The lowest BCUT2D eigenvalue weighted by atomic mass is 9.90. The first kappa shape index (κ1) is 10.2. The molecule has 1 aromatic carbocycles. The van der Waals surface area contributed by atoms with E-state index in [4.69, 9.17) is 5.11 Å². The van der Waals surface area contributed by atoms with Gasteiger partial charge in [0.05, 0.1) is 5.92 Å². The van der Waals surface area contributed by atoms with Gasteiger partial charge < -0.3 is 5.11 Å². The summed E-state index contributed by atoms with van der Waals surface area (Å²) in [4.78, 5) is 11.0.